The number of methoxy groups -OCH3 is 1. The maximum Gasteiger partial charge on any atom is 0.408 e. The van der Waals surface area contributed by atoms with Gasteiger partial charge in [0.05, 0.1) is 12.3 Å². The van der Waals surface area contributed by atoms with Crippen LogP contribution in [0.3, 0.4) is 0 Å². The summed E-state index contributed by atoms with van der Waals surface area (Å²) >= 11 is 0. The third kappa shape index (κ3) is 9.43. The molecule has 1 atom stereocenters. The largest absolute Gasteiger partial charge is 0.480 e. The molecule has 0 saturated heterocycles. The van der Waals surface area contributed by atoms with Crippen LogP contribution in [-0.2, 0) is 33.7 Å². The number of hydrogen-bond acceptors (Lipinski definition) is 8. The fourth-order valence-electron chi connectivity index (χ4n) is 4.08. The van der Waals surface area contributed by atoms with Gasteiger partial charge in [0, 0.05) is 38.6 Å². The number of carboxylic acid groups (broad SMARTS) is 1. The maximum absolute atomic E-state index is 12.1. The summed E-state index contributed by atoms with van der Waals surface area (Å²) in [6.07, 6.45) is 6.15. The first kappa shape index (κ1) is 27.3. The van der Waals surface area contributed by atoms with E-state index < -0.39 is 18.1 Å². The molecular weight excluding hydrogens is 462 g/mol. The molecule has 3 heterocycles. The minimum atomic E-state index is -1.09. The molecule has 0 aromatic carbocycles. The lowest BCUT2D eigenvalue weighted by molar-refractivity contribution is -0.139. The summed E-state index contributed by atoms with van der Waals surface area (Å²) in [4.78, 5) is 34.8. The predicted molar refractivity (Wildman–Crippen MR) is 136 cm³/mol. The Labute approximate surface area is 212 Å². The molecule has 1 amide bonds. The number of fused-ring (bicyclic) bond motifs is 1. The Morgan fingerprint density at radius 1 is 1.17 bits per heavy atom. The summed E-state index contributed by atoms with van der Waals surface area (Å²) in [5.41, 5.74) is 2.97. The van der Waals surface area contributed by atoms with Gasteiger partial charge in [0.1, 0.15) is 18.5 Å². The molecule has 1 aliphatic heterocycles. The van der Waals surface area contributed by atoms with Crippen molar-refractivity contribution >= 4 is 17.9 Å². The van der Waals surface area contributed by atoms with E-state index in [0.29, 0.717) is 25.4 Å². The monoisotopic (exact) mass is 499 g/mol. The van der Waals surface area contributed by atoms with E-state index in [1.807, 2.05) is 0 Å². The van der Waals surface area contributed by atoms with Crippen molar-refractivity contribution in [2.45, 2.75) is 51.2 Å². The van der Waals surface area contributed by atoms with Gasteiger partial charge < -0.3 is 30.1 Å². The lowest BCUT2D eigenvalue weighted by Crippen LogP contribution is -2.43. The average Bonchev–Trinajstić information content (AvgIpc) is 2.90. The van der Waals surface area contributed by atoms with Crippen molar-refractivity contribution in [1.82, 2.24) is 20.2 Å². The number of ether oxygens (including phenoxy) is 2. The topological polar surface area (TPSA) is 126 Å². The Bertz CT molecular complexity index is 959. The van der Waals surface area contributed by atoms with Crippen molar-refractivity contribution in [2.75, 3.05) is 45.2 Å². The van der Waals surface area contributed by atoms with Gasteiger partial charge in [-0.1, -0.05) is 12.1 Å². The van der Waals surface area contributed by atoms with Crippen molar-refractivity contribution in [2.24, 2.45) is 0 Å². The summed E-state index contributed by atoms with van der Waals surface area (Å²) in [6.45, 7) is 3.52. The average molecular weight is 500 g/mol. The minimum Gasteiger partial charge on any atom is -0.480 e. The van der Waals surface area contributed by atoms with E-state index in [0.717, 1.165) is 56.7 Å². The first-order valence-corrected chi connectivity index (χ1v) is 12.5. The number of hydrogen-bond donors (Lipinski definition) is 3. The number of anilines is 1. The fourth-order valence-corrected chi connectivity index (χ4v) is 4.08. The molecule has 0 spiro atoms. The molecule has 196 valence electrons. The first-order valence-electron chi connectivity index (χ1n) is 12.5. The van der Waals surface area contributed by atoms with Crippen LogP contribution in [0.4, 0.5) is 10.6 Å². The summed E-state index contributed by atoms with van der Waals surface area (Å²) in [6, 6.07) is 8.53. The van der Waals surface area contributed by atoms with E-state index in [9.17, 15) is 14.7 Å². The van der Waals surface area contributed by atoms with Crippen LogP contribution in [0.25, 0.3) is 0 Å². The summed E-state index contributed by atoms with van der Waals surface area (Å²) in [7, 11) is 1.65. The molecule has 0 fully saturated rings. The van der Waals surface area contributed by atoms with Crippen molar-refractivity contribution < 1.29 is 24.2 Å². The number of carbonyl (C=O) groups is 2. The van der Waals surface area contributed by atoms with Crippen molar-refractivity contribution in [3.63, 3.8) is 0 Å². The SMILES string of the molecule is COCCN(CCCCc1ccc2c(n1)NCCC2)CC[C@H](NC(=O)OCc1ccccn1)C(=O)O. The van der Waals surface area contributed by atoms with Gasteiger partial charge in [0.25, 0.3) is 0 Å². The van der Waals surface area contributed by atoms with Crippen LogP contribution in [0.5, 0.6) is 0 Å². The zero-order valence-corrected chi connectivity index (χ0v) is 20.9. The molecule has 0 radical (unpaired) electrons. The molecule has 3 N–H and O–H groups in total. The number of nitrogens with zero attached hydrogens (tertiary/aromatic N) is 3. The Morgan fingerprint density at radius 3 is 2.83 bits per heavy atom. The highest BCUT2D eigenvalue weighted by Gasteiger charge is 2.22. The van der Waals surface area contributed by atoms with Crippen LogP contribution in [0.15, 0.2) is 36.5 Å². The Hall–Kier alpha value is -3.24. The normalized spacial score (nSPS) is 13.5. The summed E-state index contributed by atoms with van der Waals surface area (Å²) < 4.78 is 10.3. The number of alkyl carbamates (subject to hydrolysis) is 1. The molecule has 0 aliphatic carbocycles. The third-order valence-electron chi connectivity index (χ3n) is 6.12. The molecule has 10 heteroatoms. The predicted octanol–water partition coefficient (Wildman–Crippen LogP) is 2.88. The third-order valence-corrected chi connectivity index (χ3v) is 6.12. The number of aliphatic carboxylic acids is 1. The highest BCUT2D eigenvalue weighted by molar-refractivity contribution is 5.79. The Morgan fingerprint density at radius 2 is 2.06 bits per heavy atom. The number of rotatable bonds is 15. The second-order valence-corrected chi connectivity index (χ2v) is 8.85. The van der Waals surface area contributed by atoms with Crippen LogP contribution >= 0.6 is 0 Å². The van der Waals surface area contributed by atoms with E-state index in [1.54, 1.807) is 31.5 Å². The fraction of sp³-hybridized carbons (Fsp3) is 0.538. The second-order valence-electron chi connectivity index (χ2n) is 8.85. The molecule has 36 heavy (non-hydrogen) atoms. The van der Waals surface area contributed by atoms with Crippen molar-refractivity contribution in [3.8, 4) is 0 Å². The van der Waals surface area contributed by atoms with Gasteiger partial charge in [-0.15, -0.1) is 0 Å². The Kier molecular flexibility index (Phi) is 11.4. The van der Waals surface area contributed by atoms with Gasteiger partial charge in [0.15, 0.2) is 0 Å². The number of pyridine rings is 2. The molecule has 1 aliphatic rings. The number of unbranched alkanes of at least 4 members (excludes halogenated alkanes) is 1. The second kappa shape index (κ2) is 15.0. The van der Waals surface area contributed by atoms with Gasteiger partial charge >= 0.3 is 12.1 Å². The van der Waals surface area contributed by atoms with E-state index in [-0.39, 0.29) is 13.0 Å². The van der Waals surface area contributed by atoms with Crippen LogP contribution in [0.1, 0.15) is 42.6 Å². The minimum absolute atomic E-state index is 0.0197. The van der Waals surface area contributed by atoms with Crippen LogP contribution in [0, 0.1) is 0 Å². The summed E-state index contributed by atoms with van der Waals surface area (Å²) in [5, 5.41) is 15.4. The maximum atomic E-state index is 12.1. The highest BCUT2D eigenvalue weighted by Crippen LogP contribution is 2.20. The van der Waals surface area contributed by atoms with Gasteiger partial charge in [-0.25, -0.2) is 14.6 Å². The Balaban J connectivity index is 1.41. The van der Waals surface area contributed by atoms with Crippen LogP contribution in [-0.4, -0.2) is 78.0 Å². The number of carbonyl (C=O) groups excluding carboxylic acids is 1. The molecule has 0 bridgehead atoms. The smallest absolute Gasteiger partial charge is 0.408 e. The molecule has 2 aromatic heterocycles. The lowest BCUT2D eigenvalue weighted by atomic mass is 10.1. The lowest BCUT2D eigenvalue weighted by Gasteiger charge is -2.24. The van der Waals surface area contributed by atoms with E-state index in [1.165, 1.54) is 5.56 Å². The van der Waals surface area contributed by atoms with Crippen LogP contribution in [0.2, 0.25) is 0 Å². The number of amides is 1. The van der Waals surface area contributed by atoms with E-state index in [2.05, 4.69) is 32.7 Å². The van der Waals surface area contributed by atoms with Gasteiger partial charge in [-0.2, -0.15) is 0 Å². The van der Waals surface area contributed by atoms with Crippen molar-refractivity contribution in [3.05, 3.63) is 53.5 Å². The zero-order valence-electron chi connectivity index (χ0n) is 20.9. The molecule has 0 saturated carbocycles. The van der Waals surface area contributed by atoms with Gasteiger partial charge in [-0.05, 0) is 68.8 Å². The van der Waals surface area contributed by atoms with Gasteiger partial charge in [-0.3, -0.25) is 4.98 Å². The first-order chi connectivity index (χ1) is 17.5. The molecule has 3 rings (SSSR count). The number of carboxylic acids is 1. The number of aryl methyl sites for hydroxylation is 2. The zero-order chi connectivity index (χ0) is 25.6. The van der Waals surface area contributed by atoms with Crippen LogP contribution < -0.4 is 10.6 Å². The molecule has 10 nitrogen and oxygen atoms in total. The van der Waals surface area contributed by atoms with E-state index in [4.69, 9.17) is 14.5 Å². The summed E-state index contributed by atoms with van der Waals surface area (Å²) in [5.74, 6) is -0.0742. The number of nitrogens with one attached hydrogen (secondary N) is 2. The number of aromatic nitrogens is 2. The van der Waals surface area contributed by atoms with Crippen molar-refractivity contribution in [1.29, 1.82) is 0 Å². The quantitative estimate of drug-likeness (QED) is 0.317. The standard InChI is InChI=1S/C26H37N5O5/c1-35-18-17-31(15-5-3-8-21-11-10-20-7-6-14-28-24(20)29-21)16-12-23(25(32)33)30-26(34)36-19-22-9-2-4-13-27-22/h2,4,9-11,13,23H,3,5-8,12,14-19H2,1H3,(H,28,29)(H,30,34)(H,32,33)/t23-/m0/s1. The molecule has 0 unspecified atom stereocenters. The molecular formula is C26H37N5O5. The van der Waals surface area contributed by atoms with Gasteiger partial charge in [0.2, 0.25) is 0 Å². The highest BCUT2D eigenvalue weighted by atomic mass is 16.5. The molecule has 2 aromatic rings. The van der Waals surface area contributed by atoms with E-state index >= 15 is 0 Å².